The second-order valence-corrected chi connectivity index (χ2v) is 6.48. The van der Waals surface area contributed by atoms with Crippen molar-refractivity contribution in [3.63, 3.8) is 0 Å². The first-order valence-electron chi connectivity index (χ1n) is 8.45. The van der Waals surface area contributed by atoms with Crippen molar-refractivity contribution in [2.75, 3.05) is 31.1 Å². The van der Waals surface area contributed by atoms with Gasteiger partial charge in [0.05, 0.1) is 0 Å². The van der Waals surface area contributed by atoms with Crippen LogP contribution in [0.5, 0.6) is 0 Å². The number of carbonyl (C=O) groups is 1. The molecule has 2 atom stereocenters. The van der Waals surface area contributed by atoms with Crippen molar-refractivity contribution in [2.45, 2.75) is 38.6 Å². The van der Waals surface area contributed by atoms with E-state index < -0.39 is 0 Å². The molecule has 0 unspecified atom stereocenters. The summed E-state index contributed by atoms with van der Waals surface area (Å²) in [5, 5.41) is 3.25. The number of carbonyl (C=O) groups excluding carboxylic acids is 1. The summed E-state index contributed by atoms with van der Waals surface area (Å²) in [5.41, 5.74) is 0. The average Bonchev–Trinajstić information content (AvgIpc) is 2.58. The number of nitrogens with zero attached hydrogens (tertiary/aromatic N) is 3. The molecule has 1 aliphatic heterocycles. The Morgan fingerprint density at radius 1 is 1.18 bits per heavy atom. The van der Waals surface area contributed by atoms with E-state index in [4.69, 9.17) is 0 Å². The highest BCUT2D eigenvalue weighted by Crippen LogP contribution is 2.24. The Labute approximate surface area is 132 Å². The first kappa shape index (κ1) is 15.1. The van der Waals surface area contributed by atoms with E-state index in [1.807, 2.05) is 29.3 Å². The molecule has 2 heterocycles. The van der Waals surface area contributed by atoms with E-state index in [1.165, 1.54) is 19.3 Å². The third-order valence-electron chi connectivity index (χ3n) is 4.96. The fourth-order valence-electron chi connectivity index (χ4n) is 3.46. The van der Waals surface area contributed by atoms with E-state index in [0.29, 0.717) is 12.0 Å². The van der Waals surface area contributed by atoms with Gasteiger partial charge in [0.25, 0.3) is 0 Å². The average molecular weight is 302 g/mol. The molecule has 2 amide bonds. The standard InChI is InChI=1S/C17H26N4O/c1-14-6-2-3-7-15(14)19-17(22)21-12-10-20(11-13-21)16-8-4-5-9-18-16/h4-5,8-9,14-15H,2-3,6-7,10-13H2,1H3,(H,19,22)/t14-,15-/m0/s1. The van der Waals surface area contributed by atoms with Gasteiger partial charge >= 0.3 is 6.03 Å². The molecule has 0 bridgehead atoms. The fourth-order valence-corrected chi connectivity index (χ4v) is 3.46. The molecule has 5 heteroatoms. The van der Waals surface area contributed by atoms with Gasteiger partial charge in [-0.2, -0.15) is 0 Å². The summed E-state index contributed by atoms with van der Waals surface area (Å²) >= 11 is 0. The number of anilines is 1. The normalized spacial score (nSPS) is 25.9. The predicted octanol–water partition coefficient (Wildman–Crippen LogP) is 2.49. The van der Waals surface area contributed by atoms with Crippen LogP contribution in [0, 0.1) is 5.92 Å². The van der Waals surface area contributed by atoms with Crippen LogP contribution >= 0.6 is 0 Å². The van der Waals surface area contributed by atoms with Gasteiger partial charge in [0.1, 0.15) is 5.82 Å². The molecule has 3 rings (SSSR count). The highest BCUT2D eigenvalue weighted by atomic mass is 16.2. The molecule has 1 saturated heterocycles. The Bertz CT molecular complexity index is 485. The molecule has 1 saturated carbocycles. The quantitative estimate of drug-likeness (QED) is 0.913. The van der Waals surface area contributed by atoms with Crippen LogP contribution < -0.4 is 10.2 Å². The zero-order chi connectivity index (χ0) is 15.4. The first-order chi connectivity index (χ1) is 10.7. The largest absolute Gasteiger partial charge is 0.353 e. The van der Waals surface area contributed by atoms with Crippen LogP contribution in [0.2, 0.25) is 0 Å². The molecule has 1 aromatic rings. The Kier molecular flexibility index (Phi) is 4.80. The van der Waals surface area contributed by atoms with Crippen LogP contribution in [-0.4, -0.2) is 48.1 Å². The van der Waals surface area contributed by atoms with Gasteiger partial charge in [-0.25, -0.2) is 9.78 Å². The second kappa shape index (κ2) is 6.99. The lowest BCUT2D eigenvalue weighted by Crippen LogP contribution is -2.54. The Hall–Kier alpha value is -1.78. The minimum absolute atomic E-state index is 0.111. The SMILES string of the molecule is C[C@H]1CCCC[C@@H]1NC(=O)N1CCN(c2ccccn2)CC1. The van der Waals surface area contributed by atoms with Crippen LogP contribution in [-0.2, 0) is 0 Å². The maximum absolute atomic E-state index is 12.4. The minimum Gasteiger partial charge on any atom is -0.353 e. The van der Waals surface area contributed by atoms with Crippen LogP contribution in [0.4, 0.5) is 10.6 Å². The zero-order valence-electron chi connectivity index (χ0n) is 13.4. The summed E-state index contributed by atoms with van der Waals surface area (Å²) in [5.74, 6) is 1.61. The van der Waals surface area contributed by atoms with Crippen molar-refractivity contribution >= 4 is 11.8 Å². The van der Waals surface area contributed by atoms with Crippen molar-refractivity contribution < 1.29 is 4.79 Å². The van der Waals surface area contributed by atoms with Crippen molar-refractivity contribution in [1.82, 2.24) is 15.2 Å². The minimum atomic E-state index is 0.111. The summed E-state index contributed by atoms with van der Waals surface area (Å²) in [6.07, 6.45) is 6.72. The number of urea groups is 1. The molecule has 0 aromatic carbocycles. The van der Waals surface area contributed by atoms with Crippen molar-refractivity contribution in [3.8, 4) is 0 Å². The lowest BCUT2D eigenvalue weighted by atomic mass is 9.86. The number of piperazine rings is 1. The topological polar surface area (TPSA) is 48.5 Å². The molecule has 2 fully saturated rings. The van der Waals surface area contributed by atoms with Crippen LogP contribution in [0.1, 0.15) is 32.6 Å². The summed E-state index contributed by atoms with van der Waals surface area (Å²) in [4.78, 5) is 21.0. The first-order valence-corrected chi connectivity index (χ1v) is 8.45. The van der Waals surface area contributed by atoms with Gasteiger partial charge in [0, 0.05) is 38.4 Å². The van der Waals surface area contributed by atoms with Gasteiger partial charge in [-0.05, 0) is 30.9 Å². The van der Waals surface area contributed by atoms with Gasteiger partial charge in [-0.3, -0.25) is 0 Å². The number of rotatable bonds is 2. The van der Waals surface area contributed by atoms with Crippen LogP contribution in [0.15, 0.2) is 24.4 Å². The van der Waals surface area contributed by atoms with Gasteiger partial charge in [-0.15, -0.1) is 0 Å². The molecule has 1 aliphatic carbocycles. The molecule has 0 radical (unpaired) electrons. The van der Waals surface area contributed by atoms with E-state index in [-0.39, 0.29) is 6.03 Å². The molecule has 1 aromatic heterocycles. The summed E-state index contributed by atoms with van der Waals surface area (Å²) in [7, 11) is 0. The van der Waals surface area contributed by atoms with Crippen molar-refractivity contribution in [1.29, 1.82) is 0 Å². The van der Waals surface area contributed by atoms with E-state index in [0.717, 1.165) is 38.4 Å². The van der Waals surface area contributed by atoms with Gasteiger partial charge in [-0.1, -0.05) is 25.8 Å². The van der Waals surface area contributed by atoms with Gasteiger partial charge in [0.15, 0.2) is 0 Å². The molecule has 1 N–H and O–H groups in total. The number of hydrogen-bond acceptors (Lipinski definition) is 3. The zero-order valence-corrected chi connectivity index (χ0v) is 13.4. The third kappa shape index (κ3) is 3.51. The smallest absolute Gasteiger partial charge is 0.317 e. The number of pyridine rings is 1. The molecule has 2 aliphatic rings. The lowest BCUT2D eigenvalue weighted by molar-refractivity contribution is 0.179. The molecular formula is C17H26N4O. The second-order valence-electron chi connectivity index (χ2n) is 6.48. The van der Waals surface area contributed by atoms with Crippen LogP contribution in [0.3, 0.4) is 0 Å². The lowest BCUT2D eigenvalue weighted by Gasteiger charge is -2.37. The third-order valence-corrected chi connectivity index (χ3v) is 4.96. The Morgan fingerprint density at radius 2 is 1.95 bits per heavy atom. The molecule has 0 spiro atoms. The number of hydrogen-bond donors (Lipinski definition) is 1. The van der Waals surface area contributed by atoms with Gasteiger partial charge in [0.2, 0.25) is 0 Å². The van der Waals surface area contributed by atoms with E-state index >= 15 is 0 Å². The Balaban J connectivity index is 1.49. The van der Waals surface area contributed by atoms with E-state index in [2.05, 4.69) is 22.1 Å². The molecule has 120 valence electrons. The monoisotopic (exact) mass is 302 g/mol. The summed E-state index contributed by atoms with van der Waals surface area (Å²) in [6.45, 7) is 5.49. The van der Waals surface area contributed by atoms with Crippen LogP contribution in [0.25, 0.3) is 0 Å². The fraction of sp³-hybridized carbons (Fsp3) is 0.647. The maximum atomic E-state index is 12.4. The maximum Gasteiger partial charge on any atom is 0.317 e. The number of nitrogens with one attached hydrogen (secondary N) is 1. The van der Waals surface area contributed by atoms with Crippen molar-refractivity contribution in [2.24, 2.45) is 5.92 Å². The molecular weight excluding hydrogens is 276 g/mol. The number of aromatic nitrogens is 1. The van der Waals surface area contributed by atoms with Gasteiger partial charge < -0.3 is 15.1 Å². The molecule has 5 nitrogen and oxygen atoms in total. The van der Waals surface area contributed by atoms with E-state index in [1.54, 1.807) is 0 Å². The highest BCUT2D eigenvalue weighted by Gasteiger charge is 2.27. The summed E-state index contributed by atoms with van der Waals surface area (Å²) < 4.78 is 0. The highest BCUT2D eigenvalue weighted by molar-refractivity contribution is 5.75. The number of amides is 2. The molecule has 22 heavy (non-hydrogen) atoms. The van der Waals surface area contributed by atoms with Crippen molar-refractivity contribution in [3.05, 3.63) is 24.4 Å². The predicted molar refractivity (Wildman–Crippen MR) is 88.0 cm³/mol. The van der Waals surface area contributed by atoms with E-state index in [9.17, 15) is 4.79 Å². The Morgan fingerprint density at radius 3 is 2.64 bits per heavy atom. The summed E-state index contributed by atoms with van der Waals surface area (Å²) in [6, 6.07) is 6.43.